The lowest BCUT2D eigenvalue weighted by molar-refractivity contribution is -0.119. The zero-order valence-electron chi connectivity index (χ0n) is 21.0. The molecule has 3 aliphatic rings. The summed E-state index contributed by atoms with van der Waals surface area (Å²) in [6, 6.07) is 9.45. The molecule has 0 fully saturated rings. The zero-order valence-corrected chi connectivity index (χ0v) is 21.0. The van der Waals surface area contributed by atoms with E-state index in [2.05, 4.69) is 20.5 Å². The molecular formula is C28H29F3N4O. The molecule has 8 heteroatoms. The largest absolute Gasteiger partial charge is 0.435 e. The van der Waals surface area contributed by atoms with Gasteiger partial charge in [-0.15, -0.1) is 5.11 Å². The first-order valence-corrected chi connectivity index (χ1v) is 12.2. The van der Waals surface area contributed by atoms with E-state index in [4.69, 9.17) is 0 Å². The number of hydrogen-bond donors (Lipinski definition) is 1. The fourth-order valence-electron chi connectivity index (χ4n) is 6.12. The Kier molecular flexibility index (Phi) is 5.50. The van der Waals surface area contributed by atoms with E-state index in [9.17, 15) is 18.0 Å². The van der Waals surface area contributed by atoms with E-state index in [1.807, 2.05) is 65.0 Å². The van der Waals surface area contributed by atoms with Crippen LogP contribution in [-0.4, -0.2) is 23.1 Å². The maximum Gasteiger partial charge on any atom is 0.435 e. The summed E-state index contributed by atoms with van der Waals surface area (Å²) >= 11 is 0. The number of nitrogens with one attached hydrogen (secondary N) is 1. The molecule has 0 radical (unpaired) electrons. The second-order valence-corrected chi connectivity index (χ2v) is 10.7. The van der Waals surface area contributed by atoms with E-state index >= 15 is 0 Å². The molecule has 0 bridgehead atoms. The molecule has 2 atom stereocenters. The van der Waals surface area contributed by atoms with Gasteiger partial charge in [0.2, 0.25) is 0 Å². The van der Waals surface area contributed by atoms with Gasteiger partial charge in [-0.2, -0.15) is 18.3 Å². The van der Waals surface area contributed by atoms with Crippen molar-refractivity contribution in [3.05, 3.63) is 75.9 Å². The summed E-state index contributed by atoms with van der Waals surface area (Å²) in [5.74, 6) is -0.128. The van der Waals surface area contributed by atoms with Crippen molar-refractivity contribution >= 4 is 5.78 Å². The number of allylic oxidation sites excluding steroid dienone is 3. The van der Waals surface area contributed by atoms with Crippen molar-refractivity contribution in [2.75, 3.05) is 0 Å². The van der Waals surface area contributed by atoms with Gasteiger partial charge in [0, 0.05) is 35.2 Å². The Hall–Kier alpha value is -3.29. The minimum atomic E-state index is -4.69. The molecule has 0 spiro atoms. The highest BCUT2D eigenvalue weighted by molar-refractivity contribution is 6.01. The number of Topliss-reactive ketones (excluding diaryl/α,β-unsaturated/α-hetero) is 1. The van der Waals surface area contributed by atoms with Gasteiger partial charge in [-0.25, -0.2) is 0 Å². The van der Waals surface area contributed by atoms with E-state index in [1.165, 1.54) is 0 Å². The molecule has 0 saturated carbocycles. The minimum absolute atomic E-state index is 0.0177. The van der Waals surface area contributed by atoms with Crippen LogP contribution >= 0.6 is 0 Å². The Bertz CT molecular complexity index is 1370. The number of alkyl halides is 3. The van der Waals surface area contributed by atoms with Crippen LogP contribution in [0.5, 0.6) is 0 Å². The minimum Gasteiger partial charge on any atom is -0.362 e. The Labute approximate surface area is 208 Å². The van der Waals surface area contributed by atoms with Crippen molar-refractivity contribution in [3.63, 3.8) is 0 Å². The van der Waals surface area contributed by atoms with Crippen LogP contribution in [0.3, 0.4) is 0 Å². The summed E-state index contributed by atoms with van der Waals surface area (Å²) in [6.07, 6.45) is -2.83. The van der Waals surface area contributed by atoms with E-state index in [-0.39, 0.29) is 29.6 Å². The van der Waals surface area contributed by atoms with Crippen molar-refractivity contribution in [1.82, 2.24) is 10.3 Å². The summed E-state index contributed by atoms with van der Waals surface area (Å²) in [6.45, 7) is 9.75. The van der Waals surface area contributed by atoms with Crippen LogP contribution in [0.2, 0.25) is 0 Å². The second kappa shape index (κ2) is 8.11. The van der Waals surface area contributed by atoms with Crippen molar-refractivity contribution in [1.29, 1.82) is 0 Å². The van der Waals surface area contributed by atoms with Crippen molar-refractivity contribution in [3.8, 4) is 11.1 Å². The van der Waals surface area contributed by atoms with Crippen LogP contribution in [0.25, 0.3) is 11.1 Å². The van der Waals surface area contributed by atoms with Gasteiger partial charge >= 0.3 is 6.18 Å². The molecule has 1 aromatic carbocycles. The van der Waals surface area contributed by atoms with Gasteiger partial charge in [0.25, 0.3) is 0 Å². The number of halogens is 3. The monoisotopic (exact) mass is 494 g/mol. The number of hydrogen-bond acceptors (Lipinski definition) is 5. The summed E-state index contributed by atoms with van der Waals surface area (Å²) in [7, 11) is 0. The zero-order chi connectivity index (χ0) is 26.0. The number of carbonyl (C=O) groups is 1. The van der Waals surface area contributed by atoms with E-state index < -0.39 is 23.5 Å². The first kappa shape index (κ1) is 24.4. The summed E-state index contributed by atoms with van der Waals surface area (Å²) in [5.41, 5.74) is 2.86. The van der Waals surface area contributed by atoms with E-state index in [0.29, 0.717) is 23.3 Å². The van der Waals surface area contributed by atoms with Gasteiger partial charge in [-0.05, 0) is 66.5 Å². The number of azo groups is 1. The molecule has 1 N–H and O–H groups in total. The van der Waals surface area contributed by atoms with Crippen LogP contribution in [0.1, 0.15) is 56.9 Å². The van der Waals surface area contributed by atoms with Crippen molar-refractivity contribution in [2.24, 2.45) is 15.6 Å². The lowest BCUT2D eigenvalue weighted by atomic mass is 9.58. The Morgan fingerprint density at radius 2 is 1.89 bits per heavy atom. The van der Waals surface area contributed by atoms with Crippen LogP contribution in [0.4, 0.5) is 13.2 Å². The van der Waals surface area contributed by atoms with Crippen molar-refractivity contribution < 1.29 is 18.0 Å². The van der Waals surface area contributed by atoms with Crippen LogP contribution in [0.15, 0.2) is 69.3 Å². The molecule has 2 aromatic rings. The lowest BCUT2D eigenvalue weighted by Gasteiger charge is -2.48. The Balaban J connectivity index is 1.83. The molecule has 2 aliphatic heterocycles. The number of aromatic nitrogens is 1. The van der Waals surface area contributed by atoms with Crippen LogP contribution in [-0.2, 0) is 10.2 Å². The van der Waals surface area contributed by atoms with E-state index in [0.717, 1.165) is 22.4 Å². The molecule has 36 heavy (non-hydrogen) atoms. The average molecular weight is 495 g/mol. The third-order valence-electron chi connectivity index (χ3n) is 7.80. The van der Waals surface area contributed by atoms with E-state index in [1.54, 1.807) is 6.20 Å². The fourth-order valence-corrected chi connectivity index (χ4v) is 6.12. The number of rotatable bonds is 3. The molecule has 5 nitrogen and oxygen atoms in total. The maximum absolute atomic E-state index is 14.3. The molecule has 0 saturated heterocycles. The lowest BCUT2D eigenvalue weighted by Crippen LogP contribution is -2.52. The molecule has 1 unspecified atom stereocenters. The van der Waals surface area contributed by atoms with Gasteiger partial charge in [-0.3, -0.25) is 9.78 Å². The van der Waals surface area contributed by atoms with Crippen LogP contribution < -0.4 is 5.32 Å². The molecule has 1 aromatic heterocycles. The molecule has 1 aliphatic carbocycles. The number of benzene rings is 1. The number of carbonyl (C=O) groups excluding carboxylic acids is 1. The predicted octanol–water partition coefficient (Wildman–Crippen LogP) is 6.87. The van der Waals surface area contributed by atoms with Gasteiger partial charge in [0.1, 0.15) is 0 Å². The third kappa shape index (κ3) is 3.61. The summed E-state index contributed by atoms with van der Waals surface area (Å²) in [4.78, 5) is 18.1. The maximum atomic E-state index is 14.3. The van der Waals surface area contributed by atoms with Gasteiger partial charge < -0.3 is 5.32 Å². The highest BCUT2D eigenvalue weighted by Gasteiger charge is 2.57. The number of nitrogens with zero attached hydrogens (tertiary/aromatic N) is 3. The summed E-state index contributed by atoms with van der Waals surface area (Å²) < 4.78 is 42.8. The smallest absolute Gasteiger partial charge is 0.362 e. The topological polar surface area (TPSA) is 66.7 Å². The standard InChI is InChI=1S/C28H29F3N4O/c1-6-27(18-9-7-8-17(12-18)19-10-11-32-16(3)15(19)2)22-20(13-26(4,5)14-21(22)36)33-25-23(27)24(34-35-25)28(29,30)31/h7-12,25,33H,6,13-14H2,1-5H3/t25?,27-/m0/s1. The average Bonchev–Trinajstić information content (AvgIpc) is 3.23. The number of aryl methyl sites for hydroxylation is 1. The summed E-state index contributed by atoms with van der Waals surface area (Å²) in [5, 5.41) is 10.8. The Morgan fingerprint density at radius 1 is 1.14 bits per heavy atom. The molecule has 5 rings (SSSR count). The van der Waals surface area contributed by atoms with Gasteiger partial charge in [0.05, 0.1) is 5.41 Å². The van der Waals surface area contributed by atoms with Gasteiger partial charge in [-0.1, -0.05) is 39.0 Å². The highest BCUT2D eigenvalue weighted by Crippen LogP contribution is 2.56. The van der Waals surface area contributed by atoms with Crippen LogP contribution in [0, 0.1) is 19.3 Å². The fraction of sp³-hybridized carbons (Fsp3) is 0.429. The van der Waals surface area contributed by atoms with Gasteiger partial charge in [0.15, 0.2) is 17.6 Å². The predicted molar refractivity (Wildman–Crippen MR) is 131 cm³/mol. The number of pyridine rings is 1. The molecular weight excluding hydrogens is 465 g/mol. The number of ketones is 1. The quantitative estimate of drug-likeness (QED) is 0.506. The first-order chi connectivity index (χ1) is 16.9. The third-order valence-corrected chi connectivity index (χ3v) is 7.80. The molecule has 0 amide bonds. The first-order valence-electron chi connectivity index (χ1n) is 12.2. The molecule has 3 heterocycles. The number of fused-ring (bicyclic) bond motifs is 1. The second-order valence-electron chi connectivity index (χ2n) is 10.7. The normalized spacial score (nSPS) is 25.1. The SMILES string of the molecule is CC[C@]1(c2cccc(-c3ccnc(C)c3C)c2)C2=C(CC(C)(C)CC2=O)NC2N=NC(C(F)(F)F)=C21. The highest BCUT2D eigenvalue weighted by atomic mass is 19.4. The molecule has 188 valence electrons. The van der Waals surface area contributed by atoms with Crippen molar-refractivity contribution in [2.45, 2.75) is 71.6 Å². The Morgan fingerprint density at radius 3 is 2.58 bits per heavy atom.